The number of aromatic amines is 1. The van der Waals surface area contributed by atoms with Gasteiger partial charge in [-0.2, -0.15) is 0 Å². The van der Waals surface area contributed by atoms with Crippen LogP contribution >= 0.6 is 0 Å². The average molecular weight is 431 g/mol. The maximum atomic E-state index is 12.7. The summed E-state index contributed by atoms with van der Waals surface area (Å²) in [7, 11) is -3.90. The van der Waals surface area contributed by atoms with Crippen molar-refractivity contribution in [1.29, 1.82) is 0 Å². The quantitative estimate of drug-likeness (QED) is 0.358. The topological polar surface area (TPSA) is 109 Å². The summed E-state index contributed by atoms with van der Waals surface area (Å²) in [6.07, 6.45) is 5.64. The first kappa shape index (κ1) is 20.2. The number of hydrogen-bond acceptors (Lipinski definition) is 5. The summed E-state index contributed by atoms with van der Waals surface area (Å²) >= 11 is 0. The van der Waals surface area contributed by atoms with Gasteiger partial charge in [0.2, 0.25) is 0 Å². The average Bonchev–Trinajstić information content (AvgIpc) is 2.78. The zero-order valence-corrected chi connectivity index (χ0v) is 17.0. The number of pyridine rings is 2. The van der Waals surface area contributed by atoms with Gasteiger partial charge in [-0.05, 0) is 42.0 Å². The Morgan fingerprint density at radius 2 is 1.81 bits per heavy atom. The van der Waals surface area contributed by atoms with Crippen LogP contribution in [0.3, 0.4) is 0 Å². The third-order valence-electron chi connectivity index (χ3n) is 4.57. The number of aromatic nitrogens is 2. The molecule has 31 heavy (non-hydrogen) atoms. The summed E-state index contributed by atoms with van der Waals surface area (Å²) < 4.78 is 27.9. The van der Waals surface area contributed by atoms with Crippen LogP contribution in [0.1, 0.15) is 15.9 Å². The number of carbonyl (C=O) groups is 1. The molecule has 4 aromatic rings. The standard InChI is InChI=1S/C23H17N3O4S/c27-22(12-11-16-6-2-1-3-7-16)19-14-18-20(25-23(19)28)9-4-10-21(18)26-31(29,30)17-8-5-13-24-15-17/h1-15,26H,(H,25,28). The van der Waals surface area contributed by atoms with Crippen molar-refractivity contribution in [2.24, 2.45) is 0 Å². The number of fused-ring (bicyclic) bond motifs is 1. The van der Waals surface area contributed by atoms with Gasteiger partial charge in [0.05, 0.1) is 16.8 Å². The number of benzene rings is 2. The Kier molecular flexibility index (Phi) is 5.46. The third-order valence-corrected chi connectivity index (χ3v) is 5.92. The van der Waals surface area contributed by atoms with Crippen molar-refractivity contribution in [1.82, 2.24) is 9.97 Å². The van der Waals surface area contributed by atoms with E-state index in [1.807, 2.05) is 30.3 Å². The van der Waals surface area contributed by atoms with E-state index in [1.54, 1.807) is 24.3 Å². The number of carbonyl (C=O) groups excluding carboxylic acids is 1. The first-order valence-corrected chi connectivity index (χ1v) is 10.8. The van der Waals surface area contributed by atoms with Crippen molar-refractivity contribution >= 4 is 38.5 Å². The number of H-pyrrole nitrogens is 1. The lowest BCUT2D eigenvalue weighted by atomic mass is 10.1. The van der Waals surface area contributed by atoms with Gasteiger partial charge >= 0.3 is 0 Å². The van der Waals surface area contributed by atoms with Gasteiger partial charge < -0.3 is 4.98 Å². The normalized spacial score (nSPS) is 11.6. The summed E-state index contributed by atoms with van der Waals surface area (Å²) in [6.45, 7) is 0. The lowest BCUT2D eigenvalue weighted by molar-refractivity contribution is 0.104. The van der Waals surface area contributed by atoms with Crippen LogP contribution in [0.5, 0.6) is 0 Å². The Balaban J connectivity index is 1.73. The Morgan fingerprint density at radius 1 is 1.00 bits per heavy atom. The molecule has 2 aromatic carbocycles. The molecule has 0 fully saturated rings. The molecular weight excluding hydrogens is 414 g/mol. The van der Waals surface area contributed by atoms with E-state index >= 15 is 0 Å². The van der Waals surface area contributed by atoms with Crippen molar-refractivity contribution in [2.75, 3.05) is 4.72 Å². The predicted octanol–water partition coefficient (Wildman–Crippen LogP) is 3.62. The third kappa shape index (κ3) is 4.44. The number of anilines is 1. The smallest absolute Gasteiger partial charge is 0.263 e. The molecule has 0 bridgehead atoms. The molecule has 0 amide bonds. The lowest BCUT2D eigenvalue weighted by Gasteiger charge is -2.11. The highest BCUT2D eigenvalue weighted by molar-refractivity contribution is 7.92. The Hall–Kier alpha value is -4.04. The fraction of sp³-hybridized carbons (Fsp3) is 0. The minimum absolute atomic E-state index is 0.00137. The van der Waals surface area contributed by atoms with E-state index in [1.165, 1.54) is 36.7 Å². The summed E-state index contributed by atoms with van der Waals surface area (Å²) in [5.41, 5.74) is 0.812. The van der Waals surface area contributed by atoms with Crippen LogP contribution in [0.25, 0.3) is 17.0 Å². The van der Waals surface area contributed by atoms with Gasteiger partial charge in [-0.15, -0.1) is 0 Å². The molecule has 0 aliphatic heterocycles. The van der Waals surface area contributed by atoms with Gasteiger partial charge in [-0.1, -0.05) is 42.5 Å². The number of nitrogens with zero attached hydrogens (tertiary/aromatic N) is 1. The molecule has 0 saturated heterocycles. The van der Waals surface area contributed by atoms with Crippen molar-refractivity contribution in [3.8, 4) is 0 Å². The fourth-order valence-corrected chi connectivity index (χ4v) is 4.08. The van der Waals surface area contributed by atoms with Crippen molar-refractivity contribution < 1.29 is 13.2 Å². The predicted molar refractivity (Wildman–Crippen MR) is 119 cm³/mol. The van der Waals surface area contributed by atoms with Crippen LogP contribution in [0.15, 0.2) is 94.9 Å². The first-order chi connectivity index (χ1) is 14.9. The molecule has 8 heteroatoms. The molecule has 2 heterocycles. The maximum absolute atomic E-state index is 12.7. The summed E-state index contributed by atoms with van der Waals surface area (Å²) in [4.78, 5) is 31.6. The summed E-state index contributed by atoms with van der Waals surface area (Å²) in [5, 5.41) is 0.394. The van der Waals surface area contributed by atoms with Gasteiger partial charge in [-0.3, -0.25) is 19.3 Å². The van der Waals surface area contributed by atoms with Crippen LogP contribution < -0.4 is 10.3 Å². The molecule has 0 spiro atoms. The van der Waals surface area contributed by atoms with E-state index in [9.17, 15) is 18.0 Å². The van der Waals surface area contributed by atoms with Crippen molar-refractivity contribution in [3.63, 3.8) is 0 Å². The highest BCUT2D eigenvalue weighted by atomic mass is 32.2. The molecule has 0 unspecified atom stereocenters. The molecule has 0 radical (unpaired) electrons. The zero-order valence-electron chi connectivity index (χ0n) is 16.1. The molecule has 0 aliphatic rings. The fourth-order valence-electron chi connectivity index (χ4n) is 3.04. The minimum Gasteiger partial charge on any atom is -0.321 e. The number of allylic oxidation sites excluding steroid dienone is 1. The van der Waals surface area contributed by atoms with Crippen LogP contribution in [-0.2, 0) is 10.0 Å². The number of rotatable bonds is 6. The Bertz CT molecular complexity index is 1440. The zero-order chi connectivity index (χ0) is 21.8. The first-order valence-electron chi connectivity index (χ1n) is 9.30. The molecule has 0 saturated carbocycles. The van der Waals surface area contributed by atoms with E-state index in [0.717, 1.165) is 5.56 Å². The molecular formula is C23H17N3O4S. The van der Waals surface area contributed by atoms with Crippen molar-refractivity contribution in [2.45, 2.75) is 4.90 Å². The SMILES string of the molecule is O=C(C=Cc1ccccc1)c1cc2c(NS(=O)(=O)c3cccnc3)cccc2[nH]c1=O. The van der Waals surface area contributed by atoms with E-state index in [-0.39, 0.29) is 16.1 Å². The largest absolute Gasteiger partial charge is 0.321 e. The van der Waals surface area contributed by atoms with Crippen LogP contribution in [0.2, 0.25) is 0 Å². The summed E-state index contributed by atoms with van der Waals surface area (Å²) in [6, 6.07) is 18.3. The molecule has 0 aliphatic carbocycles. The monoisotopic (exact) mass is 431 g/mol. The van der Waals surface area contributed by atoms with E-state index < -0.39 is 21.4 Å². The van der Waals surface area contributed by atoms with Crippen LogP contribution in [0.4, 0.5) is 5.69 Å². The molecule has 4 rings (SSSR count). The molecule has 7 nitrogen and oxygen atoms in total. The van der Waals surface area contributed by atoms with Crippen molar-refractivity contribution in [3.05, 3.63) is 107 Å². The molecule has 2 N–H and O–H groups in total. The highest BCUT2D eigenvalue weighted by Crippen LogP contribution is 2.24. The Labute approximate surface area is 178 Å². The molecule has 2 aromatic heterocycles. The molecule has 154 valence electrons. The molecule has 0 atom stereocenters. The van der Waals surface area contributed by atoms with Crippen LogP contribution in [-0.4, -0.2) is 24.2 Å². The van der Waals surface area contributed by atoms with Gasteiger partial charge in [0.1, 0.15) is 4.90 Å². The number of sulfonamides is 1. The number of hydrogen-bond donors (Lipinski definition) is 2. The Morgan fingerprint density at radius 3 is 2.55 bits per heavy atom. The van der Waals surface area contributed by atoms with E-state index in [4.69, 9.17) is 0 Å². The maximum Gasteiger partial charge on any atom is 0.263 e. The van der Waals surface area contributed by atoms with Gasteiger partial charge in [0.15, 0.2) is 5.78 Å². The van der Waals surface area contributed by atoms with E-state index in [0.29, 0.717) is 10.9 Å². The van der Waals surface area contributed by atoms with Gasteiger partial charge in [0, 0.05) is 17.8 Å². The second kappa shape index (κ2) is 8.37. The minimum atomic E-state index is -3.90. The van der Waals surface area contributed by atoms with E-state index in [2.05, 4.69) is 14.7 Å². The number of ketones is 1. The summed E-state index contributed by atoms with van der Waals surface area (Å²) in [5.74, 6) is -0.489. The highest BCUT2D eigenvalue weighted by Gasteiger charge is 2.17. The van der Waals surface area contributed by atoms with Gasteiger partial charge in [-0.25, -0.2) is 8.42 Å². The number of nitrogens with one attached hydrogen (secondary N) is 2. The van der Waals surface area contributed by atoms with Gasteiger partial charge in [0.25, 0.3) is 15.6 Å². The van der Waals surface area contributed by atoms with Crippen LogP contribution in [0, 0.1) is 0 Å². The second-order valence-corrected chi connectivity index (χ2v) is 8.36. The second-order valence-electron chi connectivity index (χ2n) is 6.68. The lowest BCUT2D eigenvalue weighted by Crippen LogP contribution is -2.17.